The van der Waals surface area contributed by atoms with Crippen molar-refractivity contribution in [3.05, 3.63) is 6.07 Å². The highest BCUT2D eigenvalue weighted by atomic mass is 16.6. The molecule has 20 heavy (non-hydrogen) atoms. The van der Waals surface area contributed by atoms with E-state index in [1.54, 1.807) is 25.2 Å². The van der Waals surface area contributed by atoms with Crippen LogP contribution in [0.15, 0.2) is 6.07 Å². The first-order valence-electron chi connectivity index (χ1n) is 6.36. The van der Waals surface area contributed by atoms with Gasteiger partial charge in [0.25, 0.3) is 0 Å². The van der Waals surface area contributed by atoms with Crippen molar-refractivity contribution in [1.29, 1.82) is 0 Å². The maximum atomic E-state index is 11.5. The number of amides is 1. The molecule has 8 nitrogen and oxygen atoms in total. The number of methoxy groups -OCH3 is 2. The number of aromatic nitrogens is 2. The summed E-state index contributed by atoms with van der Waals surface area (Å²) in [6, 6.07) is 1.68. The van der Waals surface area contributed by atoms with Crippen LogP contribution >= 0.6 is 0 Å². The fourth-order valence-corrected chi connectivity index (χ4v) is 2.41. The van der Waals surface area contributed by atoms with Gasteiger partial charge in [-0.1, -0.05) is 0 Å². The lowest BCUT2D eigenvalue weighted by Crippen LogP contribution is -2.52. The lowest BCUT2D eigenvalue weighted by atomic mass is 10.2. The Kier molecular flexibility index (Phi) is 3.21. The number of fused-ring (bicyclic) bond motifs is 1. The summed E-state index contributed by atoms with van der Waals surface area (Å²) in [6.07, 6.45) is -0.237. The third-order valence-corrected chi connectivity index (χ3v) is 3.48. The van der Waals surface area contributed by atoms with Crippen LogP contribution in [0.3, 0.4) is 0 Å². The smallest absolute Gasteiger partial charge is 0.410 e. The van der Waals surface area contributed by atoms with E-state index in [0.29, 0.717) is 43.9 Å². The van der Waals surface area contributed by atoms with E-state index in [-0.39, 0.29) is 12.1 Å². The van der Waals surface area contributed by atoms with Gasteiger partial charge in [0.1, 0.15) is 6.61 Å². The van der Waals surface area contributed by atoms with Gasteiger partial charge in [-0.3, -0.25) is 4.90 Å². The number of carbonyl (C=O) groups excluding carboxylic acids is 1. The van der Waals surface area contributed by atoms with Crippen LogP contribution in [0.2, 0.25) is 0 Å². The average molecular weight is 280 g/mol. The van der Waals surface area contributed by atoms with E-state index >= 15 is 0 Å². The molecule has 2 fully saturated rings. The van der Waals surface area contributed by atoms with E-state index in [1.165, 1.54) is 0 Å². The van der Waals surface area contributed by atoms with Gasteiger partial charge in [0.15, 0.2) is 0 Å². The maximum Gasteiger partial charge on any atom is 0.410 e. The Bertz CT molecular complexity index is 502. The lowest BCUT2D eigenvalue weighted by Gasteiger charge is -2.35. The Balaban J connectivity index is 1.81. The van der Waals surface area contributed by atoms with Crippen LogP contribution in [0, 0.1) is 0 Å². The van der Waals surface area contributed by atoms with Gasteiger partial charge in [0.05, 0.1) is 26.3 Å². The Hall–Kier alpha value is -2.25. The fraction of sp³-hybridized carbons (Fsp3) is 0.583. The molecule has 3 rings (SSSR count). The Labute approximate surface area is 116 Å². The van der Waals surface area contributed by atoms with Gasteiger partial charge >= 0.3 is 6.09 Å². The molecule has 0 aliphatic carbocycles. The number of hydrogen-bond donors (Lipinski definition) is 0. The highest BCUT2D eigenvalue weighted by Crippen LogP contribution is 2.24. The van der Waals surface area contributed by atoms with Crippen LogP contribution in [-0.4, -0.2) is 67.5 Å². The minimum Gasteiger partial charge on any atom is -0.481 e. The number of rotatable bonds is 3. The van der Waals surface area contributed by atoms with Gasteiger partial charge in [0, 0.05) is 19.6 Å². The third-order valence-electron chi connectivity index (χ3n) is 3.48. The molecule has 1 aromatic heterocycles. The topological polar surface area (TPSA) is 77.0 Å². The monoisotopic (exact) mass is 280 g/mol. The second-order valence-corrected chi connectivity index (χ2v) is 4.62. The van der Waals surface area contributed by atoms with Gasteiger partial charge in [0.2, 0.25) is 17.7 Å². The summed E-state index contributed by atoms with van der Waals surface area (Å²) in [5.74, 6) is 1.45. The Morgan fingerprint density at radius 3 is 2.60 bits per heavy atom. The summed E-state index contributed by atoms with van der Waals surface area (Å²) >= 11 is 0. The molecule has 8 heteroatoms. The number of piperazine rings is 1. The van der Waals surface area contributed by atoms with E-state index < -0.39 is 0 Å². The number of carbonyl (C=O) groups is 1. The normalized spacial score (nSPS) is 21.5. The highest BCUT2D eigenvalue weighted by molar-refractivity contribution is 5.70. The first kappa shape index (κ1) is 12.8. The molecule has 0 bridgehead atoms. The van der Waals surface area contributed by atoms with Crippen molar-refractivity contribution in [2.24, 2.45) is 0 Å². The summed E-state index contributed by atoms with van der Waals surface area (Å²) in [7, 11) is 3.10. The number of ether oxygens (including phenoxy) is 3. The molecule has 0 unspecified atom stereocenters. The van der Waals surface area contributed by atoms with Gasteiger partial charge in [-0.2, -0.15) is 9.97 Å². The minimum atomic E-state index is -0.237. The first-order valence-corrected chi connectivity index (χ1v) is 6.36. The molecular weight excluding hydrogens is 264 g/mol. The van der Waals surface area contributed by atoms with E-state index in [0.717, 1.165) is 0 Å². The van der Waals surface area contributed by atoms with Crippen molar-refractivity contribution in [2.45, 2.75) is 6.04 Å². The number of nitrogens with zero attached hydrogens (tertiary/aromatic N) is 4. The standard InChI is InChI=1S/C12H16N4O4/c1-18-9-5-10(19-2)14-11(13-9)15-3-4-16-8(6-15)7-20-12(16)17/h5,8H,3-4,6-7H2,1-2H3/t8-/m1/s1. The number of cyclic esters (lactones) is 1. The molecule has 108 valence electrons. The van der Waals surface area contributed by atoms with Crippen molar-refractivity contribution < 1.29 is 19.0 Å². The fourth-order valence-electron chi connectivity index (χ4n) is 2.41. The SMILES string of the molecule is COc1cc(OC)nc(N2CCN3C(=O)OC[C@H]3C2)n1. The molecule has 0 aromatic carbocycles. The van der Waals surface area contributed by atoms with Crippen LogP contribution in [0.5, 0.6) is 11.8 Å². The predicted octanol–water partition coefficient (Wildman–Crippen LogP) is 0.135. The molecular formula is C12H16N4O4. The predicted molar refractivity (Wildman–Crippen MR) is 69.2 cm³/mol. The van der Waals surface area contributed by atoms with Crippen molar-refractivity contribution in [2.75, 3.05) is 45.4 Å². The molecule has 0 N–H and O–H groups in total. The van der Waals surface area contributed by atoms with Crippen molar-refractivity contribution in [3.63, 3.8) is 0 Å². The van der Waals surface area contributed by atoms with Crippen molar-refractivity contribution in [1.82, 2.24) is 14.9 Å². The zero-order chi connectivity index (χ0) is 14.1. The summed E-state index contributed by atoms with van der Waals surface area (Å²) in [4.78, 5) is 23.9. The maximum absolute atomic E-state index is 11.5. The summed E-state index contributed by atoms with van der Waals surface area (Å²) in [6.45, 7) is 2.31. The second-order valence-electron chi connectivity index (χ2n) is 4.62. The van der Waals surface area contributed by atoms with Crippen LogP contribution < -0.4 is 14.4 Å². The van der Waals surface area contributed by atoms with Crippen molar-refractivity contribution in [3.8, 4) is 11.8 Å². The molecule has 0 radical (unpaired) electrons. The van der Waals surface area contributed by atoms with Gasteiger partial charge in [-0.15, -0.1) is 0 Å². The van der Waals surface area contributed by atoms with E-state index in [1.807, 2.05) is 4.90 Å². The quantitative estimate of drug-likeness (QED) is 0.779. The van der Waals surface area contributed by atoms with Gasteiger partial charge < -0.3 is 19.1 Å². The molecule has 0 saturated carbocycles. The van der Waals surface area contributed by atoms with Gasteiger partial charge in [-0.05, 0) is 0 Å². The van der Waals surface area contributed by atoms with Gasteiger partial charge in [-0.25, -0.2) is 4.79 Å². The average Bonchev–Trinajstić information content (AvgIpc) is 2.87. The number of hydrogen-bond acceptors (Lipinski definition) is 7. The van der Waals surface area contributed by atoms with Crippen LogP contribution in [0.4, 0.5) is 10.7 Å². The summed E-state index contributed by atoms with van der Waals surface area (Å²) < 4.78 is 15.3. The molecule has 1 atom stereocenters. The molecule has 2 aliphatic heterocycles. The Morgan fingerprint density at radius 2 is 1.95 bits per heavy atom. The first-order chi connectivity index (χ1) is 9.71. The summed E-state index contributed by atoms with van der Waals surface area (Å²) in [5, 5.41) is 0. The van der Waals surface area contributed by atoms with Crippen LogP contribution in [0.25, 0.3) is 0 Å². The van der Waals surface area contributed by atoms with E-state index in [2.05, 4.69) is 9.97 Å². The second kappa shape index (κ2) is 5.03. The molecule has 0 spiro atoms. The zero-order valence-electron chi connectivity index (χ0n) is 11.4. The third kappa shape index (κ3) is 2.17. The number of anilines is 1. The minimum absolute atomic E-state index is 0.0528. The van der Waals surface area contributed by atoms with E-state index in [9.17, 15) is 4.79 Å². The highest BCUT2D eigenvalue weighted by Gasteiger charge is 2.38. The molecule has 2 saturated heterocycles. The Morgan fingerprint density at radius 1 is 1.25 bits per heavy atom. The lowest BCUT2D eigenvalue weighted by molar-refractivity contribution is 0.157. The molecule has 1 aromatic rings. The molecule has 2 aliphatic rings. The summed E-state index contributed by atoms with van der Waals surface area (Å²) in [5.41, 5.74) is 0. The van der Waals surface area contributed by atoms with Crippen molar-refractivity contribution >= 4 is 12.0 Å². The molecule has 1 amide bonds. The van der Waals surface area contributed by atoms with Crippen LogP contribution in [-0.2, 0) is 4.74 Å². The van der Waals surface area contributed by atoms with Crippen LogP contribution in [0.1, 0.15) is 0 Å². The van der Waals surface area contributed by atoms with E-state index in [4.69, 9.17) is 14.2 Å². The molecule has 3 heterocycles. The zero-order valence-corrected chi connectivity index (χ0v) is 11.4. The largest absolute Gasteiger partial charge is 0.481 e.